The third-order valence-electron chi connectivity index (χ3n) is 5.63. The molecule has 0 bridgehead atoms. The second kappa shape index (κ2) is 11.3. The summed E-state index contributed by atoms with van der Waals surface area (Å²) in [6.07, 6.45) is 0.537. The fourth-order valence-corrected chi connectivity index (χ4v) is 5.80. The molecule has 0 aromatic heterocycles. The number of rotatable bonds is 7. The molecule has 1 aliphatic rings. The first kappa shape index (κ1) is 24.6. The van der Waals surface area contributed by atoms with Crippen LogP contribution in [0.2, 0.25) is 0 Å². The molecule has 0 radical (unpaired) electrons. The number of carbonyl (C=O) groups excluding carboxylic acids is 2. The summed E-state index contributed by atoms with van der Waals surface area (Å²) in [5, 5.41) is 17.2. The second-order valence-corrected chi connectivity index (χ2v) is 11.5. The van der Waals surface area contributed by atoms with Crippen LogP contribution in [-0.4, -0.2) is 11.8 Å². The van der Waals surface area contributed by atoms with Crippen LogP contribution in [0.4, 0.5) is 28.4 Å². The number of hydrogen-bond acceptors (Lipinski definition) is 6. The first-order valence-electron chi connectivity index (χ1n) is 11.7. The van der Waals surface area contributed by atoms with Crippen molar-refractivity contribution in [2.45, 2.75) is 19.8 Å². The van der Waals surface area contributed by atoms with E-state index in [4.69, 9.17) is 0 Å². The van der Waals surface area contributed by atoms with Crippen LogP contribution < -0.4 is 26.1 Å². The number of anilines is 1. The minimum atomic E-state index is -0.330. The molecule has 5 rings (SSSR count). The van der Waals surface area contributed by atoms with E-state index in [1.54, 1.807) is 24.3 Å². The van der Waals surface area contributed by atoms with E-state index in [9.17, 15) is 9.59 Å². The van der Waals surface area contributed by atoms with E-state index >= 15 is 0 Å². The molecule has 0 atom stereocenters. The van der Waals surface area contributed by atoms with Gasteiger partial charge >= 0.3 is 204 Å². The Morgan fingerprint density at radius 1 is 0.541 bits per heavy atom. The fourth-order valence-electron chi connectivity index (χ4n) is 3.64. The standard InChI is InChI=1S/C29H23IN5O2/c1-20-2-8-23(9-3-20)31-32-24-10-4-21(5-11-24)30-22-6-12-25(13-7-22)33-34-26-14-16-27(17-15-26)35-28(36)18-19-29(35)37/h2-17H,18-19H2,1H3/q-1. The average molecular weight is 600 g/mol. The molecule has 1 fully saturated rings. The second-order valence-electron chi connectivity index (χ2n) is 8.42. The zero-order chi connectivity index (χ0) is 25.6. The molecule has 0 N–H and O–H groups in total. The maximum atomic E-state index is 11.9. The number of azo groups is 2. The van der Waals surface area contributed by atoms with Crippen molar-refractivity contribution in [1.29, 1.82) is 0 Å². The molecule has 37 heavy (non-hydrogen) atoms. The van der Waals surface area contributed by atoms with Gasteiger partial charge in [-0.15, -0.1) is 0 Å². The predicted octanol–water partition coefficient (Wildman–Crippen LogP) is 4.61. The molecular formula is C29H23IN5O2-. The molecule has 1 heterocycles. The Bertz CT molecular complexity index is 1450. The third-order valence-corrected chi connectivity index (χ3v) is 8.31. The molecule has 4 aromatic rings. The molecular weight excluding hydrogens is 577 g/mol. The first-order valence-corrected chi connectivity index (χ1v) is 13.9. The number of carbonyl (C=O) groups is 2. The van der Waals surface area contributed by atoms with E-state index < -0.39 is 0 Å². The van der Waals surface area contributed by atoms with E-state index in [0.717, 1.165) is 17.1 Å². The molecule has 8 heteroatoms. The summed E-state index contributed by atoms with van der Waals surface area (Å²) < 4.78 is 2.56. The topological polar surface area (TPSA) is 86.8 Å². The van der Waals surface area contributed by atoms with Gasteiger partial charge in [0.25, 0.3) is 0 Å². The Morgan fingerprint density at radius 3 is 1.30 bits per heavy atom. The van der Waals surface area contributed by atoms with Gasteiger partial charge in [0.15, 0.2) is 0 Å². The summed E-state index contributed by atoms with van der Waals surface area (Å²) in [5.74, 6) is -0.330. The van der Waals surface area contributed by atoms with Crippen LogP contribution >= 0.6 is 0 Å². The average Bonchev–Trinajstić information content (AvgIpc) is 3.26. The van der Waals surface area contributed by atoms with Gasteiger partial charge in [-0.25, -0.2) is 0 Å². The summed E-state index contributed by atoms with van der Waals surface area (Å²) in [7, 11) is 0. The van der Waals surface area contributed by atoms with Gasteiger partial charge in [-0.2, -0.15) is 0 Å². The number of halogens is 1. The number of imide groups is 1. The summed E-state index contributed by atoms with van der Waals surface area (Å²) in [6.45, 7) is 2.05. The monoisotopic (exact) mass is 600 g/mol. The van der Waals surface area contributed by atoms with Crippen molar-refractivity contribution in [3.8, 4) is 0 Å². The van der Waals surface area contributed by atoms with Crippen LogP contribution in [0.5, 0.6) is 0 Å². The first-order chi connectivity index (χ1) is 18.0. The summed E-state index contributed by atoms with van der Waals surface area (Å²) in [5.41, 5.74) is 4.85. The van der Waals surface area contributed by atoms with Gasteiger partial charge in [-0.05, 0) is 0 Å². The molecule has 7 nitrogen and oxygen atoms in total. The van der Waals surface area contributed by atoms with Crippen LogP contribution in [0.1, 0.15) is 18.4 Å². The number of benzene rings is 4. The van der Waals surface area contributed by atoms with Gasteiger partial charge in [0.2, 0.25) is 0 Å². The van der Waals surface area contributed by atoms with Gasteiger partial charge in [-0.1, -0.05) is 0 Å². The molecule has 0 aliphatic carbocycles. The zero-order valence-electron chi connectivity index (χ0n) is 20.1. The third kappa shape index (κ3) is 6.39. The quantitative estimate of drug-likeness (QED) is 0.176. The number of amides is 2. The molecule has 0 saturated carbocycles. The van der Waals surface area contributed by atoms with E-state index in [-0.39, 0.29) is 45.9 Å². The number of nitrogens with zero attached hydrogens (tertiary/aromatic N) is 5. The Labute approximate surface area is 225 Å². The van der Waals surface area contributed by atoms with Crippen LogP contribution in [-0.2, 0) is 9.59 Å². The zero-order valence-corrected chi connectivity index (χ0v) is 22.2. The van der Waals surface area contributed by atoms with E-state index in [1.165, 1.54) is 17.6 Å². The molecule has 0 unspecified atom stereocenters. The van der Waals surface area contributed by atoms with Crippen LogP contribution in [0.25, 0.3) is 0 Å². The van der Waals surface area contributed by atoms with Crippen molar-refractivity contribution in [3.05, 3.63) is 110 Å². The molecule has 1 aliphatic heterocycles. The number of hydrogen-bond donors (Lipinski definition) is 0. The SMILES string of the molecule is Cc1ccc(N=Nc2ccc([I-]c3ccc(N=Nc4ccc(N5C(=O)CCC5=O)cc4)cc3)cc2)cc1. The molecule has 4 aromatic carbocycles. The minimum absolute atomic E-state index is 0.165. The molecule has 1 saturated heterocycles. The Balaban J connectivity index is 1.16. The Hall–Kier alpha value is -4.05. The van der Waals surface area contributed by atoms with Crippen molar-refractivity contribution in [3.63, 3.8) is 0 Å². The Morgan fingerprint density at radius 2 is 0.892 bits per heavy atom. The van der Waals surface area contributed by atoms with Gasteiger partial charge < -0.3 is 0 Å². The summed E-state index contributed by atoms with van der Waals surface area (Å²) >= 11 is -0.330. The van der Waals surface area contributed by atoms with E-state index in [0.29, 0.717) is 11.4 Å². The summed E-state index contributed by atoms with van der Waals surface area (Å²) in [6, 6.07) is 31.2. The normalized spacial score (nSPS) is 13.9. The summed E-state index contributed by atoms with van der Waals surface area (Å²) in [4.78, 5) is 25.0. The molecule has 0 spiro atoms. The van der Waals surface area contributed by atoms with E-state index in [2.05, 4.69) is 44.7 Å². The Kier molecular flexibility index (Phi) is 7.55. The number of aryl methyl sites for hydroxylation is 1. The van der Waals surface area contributed by atoms with Crippen LogP contribution in [0.15, 0.2) is 118 Å². The van der Waals surface area contributed by atoms with E-state index in [1.807, 2.05) is 55.5 Å². The molecule has 184 valence electrons. The fraction of sp³-hybridized carbons (Fsp3) is 0.103. The van der Waals surface area contributed by atoms with Gasteiger partial charge in [0.1, 0.15) is 0 Å². The van der Waals surface area contributed by atoms with Gasteiger partial charge in [0, 0.05) is 12.8 Å². The van der Waals surface area contributed by atoms with Crippen LogP contribution in [0, 0.1) is 14.1 Å². The van der Waals surface area contributed by atoms with Gasteiger partial charge in [-0.3, -0.25) is 9.59 Å². The van der Waals surface area contributed by atoms with Crippen molar-refractivity contribution >= 4 is 40.3 Å². The predicted molar refractivity (Wildman–Crippen MR) is 138 cm³/mol. The van der Waals surface area contributed by atoms with Crippen LogP contribution in [0.3, 0.4) is 0 Å². The molecule has 2 amide bonds. The van der Waals surface area contributed by atoms with Crippen molar-refractivity contribution in [2.24, 2.45) is 20.5 Å². The van der Waals surface area contributed by atoms with Crippen molar-refractivity contribution in [1.82, 2.24) is 0 Å². The van der Waals surface area contributed by atoms with Crippen molar-refractivity contribution in [2.75, 3.05) is 4.90 Å². The van der Waals surface area contributed by atoms with Crippen molar-refractivity contribution < 1.29 is 30.8 Å². The van der Waals surface area contributed by atoms with Gasteiger partial charge in [0.05, 0.1) is 0 Å². The maximum absolute atomic E-state index is 11.9.